The first kappa shape index (κ1) is 8.07. The zero-order valence-electron chi connectivity index (χ0n) is 6.07. The lowest BCUT2D eigenvalue weighted by Crippen LogP contribution is -2.23. The van der Waals surface area contributed by atoms with E-state index in [1.165, 1.54) is 0 Å². The third-order valence-corrected chi connectivity index (χ3v) is 2.36. The number of thiophene rings is 1. The standard InChI is InChI=1S/C7H9NO2S/c1-5(8-7(9)10)6-3-2-4-11-6/h2-5,8H,1H3,(H,9,10)/t5-/m1/s1. The van der Waals surface area contributed by atoms with Crippen LogP contribution in [0, 0.1) is 0 Å². The van der Waals surface area contributed by atoms with Gasteiger partial charge in [0, 0.05) is 4.88 Å². The molecule has 3 nitrogen and oxygen atoms in total. The smallest absolute Gasteiger partial charge is 0.405 e. The molecular formula is C7H9NO2S. The second-order valence-electron chi connectivity index (χ2n) is 2.19. The zero-order chi connectivity index (χ0) is 8.27. The lowest BCUT2D eigenvalue weighted by atomic mass is 10.3. The van der Waals surface area contributed by atoms with Gasteiger partial charge in [0.25, 0.3) is 0 Å². The number of nitrogens with one attached hydrogen (secondary N) is 1. The molecule has 1 aromatic heterocycles. The molecule has 0 aliphatic heterocycles. The van der Waals surface area contributed by atoms with Crippen molar-refractivity contribution in [1.29, 1.82) is 0 Å². The molecule has 0 radical (unpaired) electrons. The summed E-state index contributed by atoms with van der Waals surface area (Å²) in [6.45, 7) is 1.82. The van der Waals surface area contributed by atoms with Crippen molar-refractivity contribution in [2.45, 2.75) is 13.0 Å². The number of carbonyl (C=O) groups is 1. The highest BCUT2D eigenvalue weighted by molar-refractivity contribution is 7.10. The summed E-state index contributed by atoms with van der Waals surface area (Å²) in [5.74, 6) is 0. The molecule has 11 heavy (non-hydrogen) atoms. The third kappa shape index (κ3) is 2.23. The Morgan fingerprint density at radius 1 is 1.82 bits per heavy atom. The molecule has 1 aromatic rings. The van der Waals surface area contributed by atoms with Gasteiger partial charge in [-0.3, -0.25) is 0 Å². The molecule has 0 unspecified atom stereocenters. The summed E-state index contributed by atoms with van der Waals surface area (Å²) in [5.41, 5.74) is 0. The van der Waals surface area contributed by atoms with Crippen LogP contribution in [0.15, 0.2) is 17.5 Å². The molecule has 1 atom stereocenters. The van der Waals surface area contributed by atoms with Crippen molar-refractivity contribution in [3.63, 3.8) is 0 Å². The molecule has 0 aliphatic rings. The largest absolute Gasteiger partial charge is 0.465 e. The van der Waals surface area contributed by atoms with Gasteiger partial charge >= 0.3 is 6.09 Å². The molecule has 0 aromatic carbocycles. The van der Waals surface area contributed by atoms with Crippen molar-refractivity contribution in [2.24, 2.45) is 0 Å². The fourth-order valence-electron chi connectivity index (χ4n) is 0.794. The first-order valence-corrected chi connectivity index (χ1v) is 4.11. The zero-order valence-corrected chi connectivity index (χ0v) is 6.89. The SMILES string of the molecule is C[C@@H](NC(=O)O)c1cccs1. The average molecular weight is 171 g/mol. The van der Waals surface area contributed by atoms with Crippen LogP contribution in [-0.2, 0) is 0 Å². The van der Waals surface area contributed by atoms with E-state index >= 15 is 0 Å². The molecule has 4 heteroatoms. The van der Waals surface area contributed by atoms with Crippen LogP contribution in [0.2, 0.25) is 0 Å². The highest BCUT2D eigenvalue weighted by Gasteiger charge is 2.07. The summed E-state index contributed by atoms with van der Waals surface area (Å²) in [6, 6.07) is 3.71. The summed E-state index contributed by atoms with van der Waals surface area (Å²) >= 11 is 1.55. The van der Waals surface area contributed by atoms with Gasteiger partial charge in [-0.25, -0.2) is 4.79 Å². The Morgan fingerprint density at radius 2 is 2.55 bits per heavy atom. The molecule has 1 amide bonds. The van der Waals surface area contributed by atoms with Crippen LogP contribution in [0.1, 0.15) is 17.8 Å². The first-order chi connectivity index (χ1) is 5.20. The summed E-state index contributed by atoms with van der Waals surface area (Å²) in [5, 5.41) is 12.7. The molecule has 0 spiro atoms. The Bertz CT molecular complexity index is 233. The number of carboxylic acid groups (broad SMARTS) is 1. The van der Waals surface area contributed by atoms with E-state index in [4.69, 9.17) is 5.11 Å². The Kier molecular flexibility index (Phi) is 2.48. The molecule has 0 fully saturated rings. The molecule has 0 saturated heterocycles. The maximum absolute atomic E-state index is 10.2. The Morgan fingerprint density at radius 3 is 3.00 bits per heavy atom. The molecular weight excluding hydrogens is 162 g/mol. The fourth-order valence-corrected chi connectivity index (χ4v) is 1.53. The summed E-state index contributed by atoms with van der Waals surface area (Å²) in [6.07, 6.45) is -0.981. The Hall–Kier alpha value is -1.03. The van der Waals surface area contributed by atoms with Crippen LogP contribution < -0.4 is 5.32 Å². The Balaban J connectivity index is 2.56. The van der Waals surface area contributed by atoms with Gasteiger partial charge in [0.05, 0.1) is 6.04 Å². The van der Waals surface area contributed by atoms with Crippen LogP contribution in [-0.4, -0.2) is 11.2 Å². The maximum Gasteiger partial charge on any atom is 0.405 e. The third-order valence-electron chi connectivity index (χ3n) is 1.31. The monoisotopic (exact) mass is 171 g/mol. The van der Waals surface area contributed by atoms with Crippen molar-refractivity contribution < 1.29 is 9.90 Å². The van der Waals surface area contributed by atoms with Crippen molar-refractivity contribution >= 4 is 17.4 Å². The minimum absolute atomic E-state index is 0.104. The predicted molar refractivity (Wildman–Crippen MR) is 43.9 cm³/mol. The van der Waals surface area contributed by atoms with Gasteiger partial charge in [-0.15, -0.1) is 11.3 Å². The number of hydrogen-bond donors (Lipinski definition) is 2. The molecule has 1 heterocycles. The van der Waals surface area contributed by atoms with Gasteiger partial charge in [-0.05, 0) is 18.4 Å². The van der Waals surface area contributed by atoms with Crippen molar-refractivity contribution in [1.82, 2.24) is 5.32 Å². The summed E-state index contributed by atoms with van der Waals surface area (Å²) in [4.78, 5) is 11.2. The van der Waals surface area contributed by atoms with Crippen LogP contribution in [0.25, 0.3) is 0 Å². The van der Waals surface area contributed by atoms with E-state index in [1.54, 1.807) is 11.3 Å². The van der Waals surface area contributed by atoms with Gasteiger partial charge in [0.1, 0.15) is 0 Å². The number of rotatable bonds is 2. The van der Waals surface area contributed by atoms with E-state index in [-0.39, 0.29) is 6.04 Å². The quantitative estimate of drug-likeness (QED) is 0.715. The fraction of sp³-hybridized carbons (Fsp3) is 0.286. The van der Waals surface area contributed by atoms with E-state index in [0.717, 1.165) is 4.88 Å². The predicted octanol–water partition coefficient (Wildman–Crippen LogP) is 2.08. The molecule has 60 valence electrons. The summed E-state index contributed by atoms with van der Waals surface area (Å²) < 4.78 is 0. The second-order valence-corrected chi connectivity index (χ2v) is 3.17. The van der Waals surface area contributed by atoms with Crippen LogP contribution in [0.5, 0.6) is 0 Å². The summed E-state index contributed by atoms with van der Waals surface area (Å²) in [7, 11) is 0. The highest BCUT2D eigenvalue weighted by atomic mass is 32.1. The molecule has 0 saturated carbocycles. The minimum atomic E-state index is -0.981. The van der Waals surface area contributed by atoms with Gasteiger partial charge < -0.3 is 10.4 Å². The highest BCUT2D eigenvalue weighted by Crippen LogP contribution is 2.17. The van der Waals surface area contributed by atoms with E-state index in [2.05, 4.69) is 5.32 Å². The van der Waals surface area contributed by atoms with E-state index in [1.807, 2.05) is 24.4 Å². The van der Waals surface area contributed by atoms with Gasteiger partial charge in [-0.1, -0.05) is 6.07 Å². The minimum Gasteiger partial charge on any atom is -0.465 e. The molecule has 0 aliphatic carbocycles. The maximum atomic E-state index is 10.2. The average Bonchev–Trinajstić information content (AvgIpc) is 2.35. The Labute approximate surface area is 68.7 Å². The van der Waals surface area contributed by atoms with Gasteiger partial charge in [0.15, 0.2) is 0 Å². The van der Waals surface area contributed by atoms with Crippen molar-refractivity contribution in [3.8, 4) is 0 Å². The van der Waals surface area contributed by atoms with Gasteiger partial charge in [0.2, 0.25) is 0 Å². The van der Waals surface area contributed by atoms with E-state index in [0.29, 0.717) is 0 Å². The number of amides is 1. The van der Waals surface area contributed by atoms with E-state index < -0.39 is 6.09 Å². The molecule has 1 rings (SSSR count). The van der Waals surface area contributed by atoms with Crippen LogP contribution >= 0.6 is 11.3 Å². The topological polar surface area (TPSA) is 49.3 Å². The van der Waals surface area contributed by atoms with Crippen LogP contribution in [0.4, 0.5) is 4.79 Å². The van der Waals surface area contributed by atoms with Crippen molar-refractivity contribution in [3.05, 3.63) is 22.4 Å². The van der Waals surface area contributed by atoms with Crippen LogP contribution in [0.3, 0.4) is 0 Å². The number of hydrogen-bond acceptors (Lipinski definition) is 2. The first-order valence-electron chi connectivity index (χ1n) is 3.23. The van der Waals surface area contributed by atoms with Gasteiger partial charge in [-0.2, -0.15) is 0 Å². The molecule has 2 N–H and O–H groups in total. The van der Waals surface area contributed by atoms with E-state index in [9.17, 15) is 4.79 Å². The lowest BCUT2D eigenvalue weighted by Gasteiger charge is -2.07. The second kappa shape index (κ2) is 3.39. The van der Waals surface area contributed by atoms with Crippen molar-refractivity contribution in [2.75, 3.05) is 0 Å². The molecule has 0 bridgehead atoms. The lowest BCUT2D eigenvalue weighted by molar-refractivity contribution is 0.191. The normalized spacial score (nSPS) is 12.5.